The summed E-state index contributed by atoms with van der Waals surface area (Å²) in [6, 6.07) is 10.3. The highest BCUT2D eigenvalue weighted by Crippen LogP contribution is 2.30. The molecule has 1 aromatic carbocycles. The normalized spacial score (nSPS) is 23.5. The molecule has 3 nitrogen and oxygen atoms in total. The fraction of sp³-hybridized carbons (Fsp3) is 0.417. The first kappa shape index (κ1) is 11.7. The molecule has 1 saturated carbocycles. The van der Waals surface area contributed by atoms with Gasteiger partial charge >= 0.3 is 0 Å². The Morgan fingerprint density at radius 2 is 1.87 bits per heavy atom. The van der Waals surface area contributed by atoms with Crippen molar-refractivity contribution >= 4 is 5.71 Å². The molecule has 3 heteroatoms. The zero-order chi connectivity index (χ0) is 9.80. The van der Waals surface area contributed by atoms with Gasteiger partial charge in [-0.15, -0.1) is 0 Å². The summed E-state index contributed by atoms with van der Waals surface area (Å²) in [7, 11) is 0. The zero-order valence-corrected chi connectivity index (χ0v) is 8.69. The minimum Gasteiger partial charge on any atom is -0.412 e. The summed E-state index contributed by atoms with van der Waals surface area (Å²) in [5.74, 6) is 0.343. The van der Waals surface area contributed by atoms with Crippen LogP contribution in [-0.4, -0.2) is 16.4 Å². The summed E-state index contributed by atoms with van der Waals surface area (Å²) in [6.45, 7) is 0. The lowest BCUT2D eigenvalue weighted by Gasteiger charge is -2.23. The van der Waals surface area contributed by atoms with Gasteiger partial charge in [0.1, 0.15) is 0 Å². The predicted molar refractivity (Wildman–Crippen MR) is 60.5 cm³/mol. The fourth-order valence-corrected chi connectivity index (χ4v) is 2.16. The molecule has 0 aromatic heterocycles. The van der Waals surface area contributed by atoms with Crippen molar-refractivity contribution < 1.29 is 10.7 Å². The highest BCUT2D eigenvalue weighted by Gasteiger charge is 2.22. The number of benzene rings is 1. The van der Waals surface area contributed by atoms with Crippen molar-refractivity contribution in [3.05, 3.63) is 35.9 Å². The molecular weight excluding hydrogens is 190 g/mol. The van der Waals surface area contributed by atoms with Gasteiger partial charge in [-0.1, -0.05) is 41.9 Å². The van der Waals surface area contributed by atoms with Gasteiger partial charge < -0.3 is 10.7 Å². The molecule has 82 valence electrons. The van der Waals surface area contributed by atoms with Crippen molar-refractivity contribution in [2.45, 2.75) is 31.6 Å². The van der Waals surface area contributed by atoms with Gasteiger partial charge in [0.25, 0.3) is 0 Å². The second-order valence-electron chi connectivity index (χ2n) is 3.80. The van der Waals surface area contributed by atoms with Crippen molar-refractivity contribution in [1.82, 2.24) is 0 Å². The molecule has 1 aliphatic carbocycles. The van der Waals surface area contributed by atoms with Crippen LogP contribution in [0.25, 0.3) is 0 Å². The van der Waals surface area contributed by atoms with Gasteiger partial charge in [-0.25, -0.2) is 0 Å². The monoisotopic (exact) mass is 207 g/mol. The Labute approximate surface area is 89.7 Å². The Bertz CT molecular complexity index is 322. The van der Waals surface area contributed by atoms with E-state index in [2.05, 4.69) is 17.3 Å². The smallest absolute Gasteiger partial charge is 0.0645 e. The first-order valence-electron chi connectivity index (χ1n) is 5.17. The third-order valence-electron chi connectivity index (χ3n) is 2.91. The molecular formula is C12H17NO2. The van der Waals surface area contributed by atoms with E-state index in [-0.39, 0.29) is 5.48 Å². The minimum absolute atomic E-state index is 0. The third kappa shape index (κ3) is 2.57. The highest BCUT2D eigenvalue weighted by atomic mass is 16.4. The molecule has 3 N–H and O–H groups in total. The molecule has 1 aliphatic rings. The molecule has 1 fully saturated rings. The Morgan fingerprint density at radius 1 is 1.13 bits per heavy atom. The molecule has 0 heterocycles. The van der Waals surface area contributed by atoms with E-state index < -0.39 is 0 Å². The van der Waals surface area contributed by atoms with E-state index in [4.69, 9.17) is 5.21 Å². The number of nitrogens with zero attached hydrogens (tertiary/aromatic N) is 1. The Hall–Kier alpha value is -1.35. The largest absolute Gasteiger partial charge is 0.412 e. The zero-order valence-electron chi connectivity index (χ0n) is 8.69. The summed E-state index contributed by atoms with van der Waals surface area (Å²) in [4.78, 5) is 0. The topological polar surface area (TPSA) is 64.1 Å². The van der Waals surface area contributed by atoms with E-state index in [1.165, 1.54) is 12.0 Å². The Morgan fingerprint density at radius 3 is 2.53 bits per heavy atom. The van der Waals surface area contributed by atoms with Crippen LogP contribution in [0.3, 0.4) is 0 Å². The maximum Gasteiger partial charge on any atom is 0.0645 e. The molecule has 1 unspecified atom stereocenters. The van der Waals surface area contributed by atoms with Gasteiger partial charge in [-0.3, -0.25) is 0 Å². The maximum atomic E-state index is 8.91. The van der Waals surface area contributed by atoms with E-state index >= 15 is 0 Å². The lowest BCUT2D eigenvalue weighted by atomic mass is 9.82. The summed E-state index contributed by atoms with van der Waals surface area (Å²) in [6.07, 6.45) is 4.45. The lowest BCUT2D eigenvalue weighted by molar-refractivity contribution is 0.312. The van der Waals surface area contributed by atoms with Crippen LogP contribution in [-0.2, 0) is 0 Å². The van der Waals surface area contributed by atoms with Gasteiger partial charge in [0, 0.05) is 5.92 Å². The van der Waals surface area contributed by atoms with Crippen LogP contribution in [0.15, 0.2) is 35.5 Å². The van der Waals surface area contributed by atoms with Crippen molar-refractivity contribution in [3.63, 3.8) is 0 Å². The SMILES string of the molecule is O.ON=C1CCCCC1c1ccccc1. The van der Waals surface area contributed by atoms with Crippen molar-refractivity contribution in [2.75, 3.05) is 0 Å². The molecule has 2 rings (SSSR count). The highest BCUT2D eigenvalue weighted by molar-refractivity contribution is 5.91. The van der Waals surface area contributed by atoms with Crippen LogP contribution in [0.5, 0.6) is 0 Å². The van der Waals surface area contributed by atoms with Crippen LogP contribution < -0.4 is 0 Å². The van der Waals surface area contributed by atoms with Crippen LogP contribution >= 0.6 is 0 Å². The maximum absolute atomic E-state index is 8.91. The van der Waals surface area contributed by atoms with E-state index in [0.29, 0.717) is 5.92 Å². The molecule has 0 aliphatic heterocycles. The van der Waals surface area contributed by atoms with Crippen LogP contribution in [0, 0.1) is 0 Å². The summed E-state index contributed by atoms with van der Waals surface area (Å²) in [5.41, 5.74) is 2.22. The Balaban J connectivity index is 0.00000112. The van der Waals surface area contributed by atoms with E-state index in [9.17, 15) is 0 Å². The van der Waals surface area contributed by atoms with Crippen LogP contribution in [0.4, 0.5) is 0 Å². The fourth-order valence-electron chi connectivity index (χ4n) is 2.16. The minimum atomic E-state index is 0. The van der Waals surface area contributed by atoms with E-state index in [0.717, 1.165) is 25.0 Å². The number of hydrogen-bond donors (Lipinski definition) is 1. The summed E-state index contributed by atoms with van der Waals surface area (Å²) in [5, 5.41) is 12.3. The number of hydrogen-bond acceptors (Lipinski definition) is 2. The molecule has 0 bridgehead atoms. The molecule has 0 amide bonds. The van der Waals surface area contributed by atoms with Crippen molar-refractivity contribution in [1.29, 1.82) is 0 Å². The first-order chi connectivity index (χ1) is 6.92. The summed E-state index contributed by atoms with van der Waals surface area (Å²) >= 11 is 0. The van der Waals surface area contributed by atoms with E-state index in [1.54, 1.807) is 0 Å². The van der Waals surface area contributed by atoms with Gasteiger partial charge in [-0.05, 0) is 24.8 Å². The molecule has 0 spiro atoms. The molecule has 0 radical (unpaired) electrons. The average Bonchev–Trinajstić information content (AvgIpc) is 2.30. The second-order valence-corrected chi connectivity index (χ2v) is 3.80. The Kier molecular flexibility index (Phi) is 4.31. The second kappa shape index (κ2) is 5.51. The van der Waals surface area contributed by atoms with Gasteiger partial charge in [-0.2, -0.15) is 0 Å². The average molecular weight is 207 g/mol. The standard InChI is InChI=1S/C12H15NO.H2O/c14-13-12-9-5-4-8-11(12)10-6-2-1-3-7-10;/h1-3,6-7,11,14H,4-5,8-9H2;1H2. The van der Waals surface area contributed by atoms with E-state index in [1.807, 2.05) is 18.2 Å². The summed E-state index contributed by atoms with van der Waals surface area (Å²) < 4.78 is 0. The first-order valence-corrected chi connectivity index (χ1v) is 5.17. The van der Waals surface area contributed by atoms with Crippen LogP contribution in [0.1, 0.15) is 37.2 Å². The quantitative estimate of drug-likeness (QED) is 0.557. The lowest BCUT2D eigenvalue weighted by Crippen LogP contribution is -2.17. The van der Waals surface area contributed by atoms with Crippen LogP contribution in [0.2, 0.25) is 0 Å². The number of oxime groups is 1. The van der Waals surface area contributed by atoms with Crippen molar-refractivity contribution in [2.24, 2.45) is 5.16 Å². The third-order valence-corrected chi connectivity index (χ3v) is 2.91. The van der Waals surface area contributed by atoms with Gasteiger partial charge in [0.05, 0.1) is 5.71 Å². The predicted octanol–water partition coefficient (Wildman–Crippen LogP) is 2.35. The molecule has 1 aromatic rings. The van der Waals surface area contributed by atoms with Gasteiger partial charge in [0.2, 0.25) is 0 Å². The molecule has 0 saturated heterocycles. The molecule has 15 heavy (non-hydrogen) atoms. The number of rotatable bonds is 1. The molecule has 1 atom stereocenters. The van der Waals surface area contributed by atoms with Crippen molar-refractivity contribution in [3.8, 4) is 0 Å². The van der Waals surface area contributed by atoms with Gasteiger partial charge in [0.15, 0.2) is 0 Å².